The first-order chi connectivity index (χ1) is 6.77. The van der Waals surface area contributed by atoms with Gasteiger partial charge in [-0.05, 0) is 41.0 Å². The molecular formula is C10H15BrClN3. The zero-order valence-corrected chi connectivity index (χ0v) is 11.0. The summed E-state index contributed by atoms with van der Waals surface area (Å²) in [6, 6.07) is 6.59. The predicted molar refractivity (Wildman–Crippen MR) is 68.9 cm³/mol. The van der Waals surface area contributed by atoms with E-state index in [1.54, 1.807) is 0 Å². The molecule has 1 fully saturated rings. The van der Waals surface area contributed by atoms with E-state index in [0.717, 1.165) is 23.5 Å². The fourth-order valence-corrected chi connectivity index (χ4v) is 2.09. The van der Waals surface area contributed by atoms with Crippen LogP contribution in [0, 0.1) is 0 Å². The van der Waals surface area contributed by atoms with Crippen molar-refractivity contribution in [2.24, 2.45) is 0 Å². The Balaban J connectivity index is 0.00000112. The van der Waals surface area contributed by atoms with Gasteiger partial charge in [0.15, 0.2) is 0 Å². The minimum absolute atomic E-state index is 0. The zero-order valence-electron chi connectivity index (χ0n) is 8.61. The standard InChI is InChI=1S/C10H14BrN3.ClH/c1-14(8-5-6-12-7-8)10-4-2-3-9(11)13-10;/h2-4,8,12H,5-7H2,1H3;1H. The number of halogens is 2. The summed E-state index contributed by atoms with van der Waals surface area (Å²) < 4.78 is 0.896. The summed E-state index contributed by atoms with van der Waals surface area (Å²) in [5, 5.41) is 3.36. The molecule has 3 nitrogen and oxygen atoms in total. The van der Waals surface area contributed by atoms with Crippen LogP contribution in [0.5, 0.6) is 0 Å². The van der Waals surface area contributed by atoms with Crippen molar-refractivity contribution in [2.45, 2.75) is 12.5 Å². The van der Waals surface area contributed by atoms with Gasteiger partial charge in [-0.3, -0.25) is 0 Å². The van der Waals surface area contributed by atoms with E-state index in [1.165, 1.54) is 6.42 Å². The van der Waals surface area contributed by atoms with Gasteiger partial charge in [-0.25, -0.2) is 4.98 Å². The van der Waals surface area contributed by atoms with Gasteiger partial charge in [0, 0.05) is 19.6 Å². The first-order valence-corrected chi connectivity index (χ1v) is 5.63. The molecule has 1 saturated heterocycles. The lowest BCUT2D eigenvalue weighted by Crippen LogP contribution is -2.33. The summed E-state index contributed by atoms with van der Waals surface area (Å²) in [4.78, 5) is 6.67. The van der Waals surface area contributed by atoms with E-state index < -0.39 is 0 Å². The molecule has 0 saturated carbocycles. The highest BCUT2D eigenvalue weighted by Gasteiger charge is 2.19. The maximum atomic E-state index is 4.43. The molecule has 0 amide bonds. The summed E-state index contributed by atoms with van der Waals surface area (Å²) >= 11 is 3.39. The van der Waals surface area contributed by atoms with Crippen LogP contribution in [0.4, 0.5) is 5.82 Å². The molecule has 1 unspecified atom stereocenters. The number of pyridine rings is 1. The van der Waals surface area contributed by atoms with Crippen molar-refractivity contribution in [2.75, 3.05) is 25.0 Å². The third-order valence-electron chi connectivity index (χ3n) is 2.64. The largest absolute Gasteiger partial charge is 0.355 e. The van der Waals surface area contributed by atoms with E-state index in [-0.39, 0.29) is 12.4 Å². The molecule has 1 aliphatic heterocycles. The summed E-state index contributed by atoms with van der Waals surface area (Å²) in [6.45, 7) is 2.17. The Morgan fingerprint density at radius 2 is 2.33 bits per heavy atom. The predicted octanol–water partition coefficient (Wildman–Crippen LogP) is 2.06. The highest BCUT2D eigenvalue weighted by molar-refractivity contribution is 9.10. The topological polar surface area (TPSA) is 28.2 Å². The van der Waals surface area contributed by atoms with E-state index in [9.17, 15) is 0 Å². The van der Waals surface area contributed by atoms with Crippen LogP contribution in [0.1, 0.15) is 6.42 Å². The molecule has 1 aromatic rings. The van der Waals surface area contributed by atoms with E-state index in [2.05, 4.69) is 38.2 Å². The number of nitrogens with zero attached hydrogens (tertiary/aromatic N) is 2. The molecule has 5 heteroatoms. The minimum atomic E-state index is 0. The fraction of sp³-hybridized carbons (Fsp3) is 0.500. The normalized spacial score (nSPS) is 19.7. The molecule has 2 rings (SSSR count). The van der Waals surface area contributed by atoms with Crippen molar-refractivity contribution >= 4 is 34.2 Å². The van der Waals surface area contributed by atoms with Crippen LogP contribution in [-0.2, 0) is 0 Å². The molecule has 0 spiro atoms. The maximum absolute atomic E-state index is 4.43. The summed E-state index contributed by atoms with van der Waals surface area (Å²) in [6.07, 6.45) is 1.20. The molecule has 0 radical (unpaired) electrons. The molecule has 1 N–H and O–H groups in total. The summed E-state index contributed by atoms with van der Waals surface area (Å²) in [5.41, 5.74) is 0. The smallest absolute Gasteiger partial charge is 0.129 e. The Bertz CT molecular complexity index is 315. The molecule has 1 aromatic heterocycles. The number of aromatic nitrogens is 1. The number of likely N-dealkylation sites (N-methyl/N-ethyl adjacent to an activating group) is 1. The van der Waals surface area contributed by atoms with Gasteiger partial charge < -0.3 is 10.2 Å². The highest BCUT2D eigenvalue weighted by atomic mass is 79.9. The van der Waals surface area contributed by atoms with E-state index in [4.69, 9.17) is 0 Å². The van der Waals surface area contributed by atoms with Gasteiger partial charge in [-0.2, -0.15) is 0 Å². The highest BCUT2D eigenvalue weighted by Crippen LogP contribution is 2.18. The van der Waals surface area contributed by atoms with Gasteiger partial charge in [0.25, 0.3) is 0 Å². The fourth-order valence-electron chi connectivity index (χ4n) is 1.75. The Labute approximate surface area is 105 Å². The SMILES string of the molecule is CN(c1cccc(Br)n1)C1CCNC1.Cl. The number of hydrogen-bond acceptors (Lipinski definition) is 3. The first-order valence-electron chi connectivity index (χ1n) is 4.83. The molecule has 1 aliphatic rings. The van der Waals surface area contributed by atoms with Crippen LogP contribution in [0.15, 0.2) is 22.8 Å². The van der Waals surface area contributed by atoms with Crippen molar-refractivity contribution in [3.63, 3.8) is 0 Å². The van der Waals surface area contributed by atoms with Gasteiger partial charge in [0.05, 0.1) is 0 Å². The number of anilines is 1. The lowest BCUT2D eigenvalue weighted by atomic mass is 10.2. The lowest BCUT2D eigenvalue weighted by Gasteiger charge is -2.24. The Kier molecular flexibility index (Phi) is 4.83. The zero-order chi connectivity index (χ0) is 9.97. The van der Waals surface area contributed by atoms with Crippen LogP contribution >= 0.6 is 28.3 Å². The van der Waals surface area contributed by atoms with Crippen LogP contribution in [0.25, 0.3) is 0 Å². The third kappa shape index (κ3) is 3.06. The van der Waals surface area contributed by atoms with Gasteiger partial charge in [-0.15, -0.1) is 12.4 Å². The maximum Gasteiger partial charge on any atom is 0.129 e. The first kappa shape index (κ1) is 12.7. The second-order valence-corrected chi connectivity index (χ2v) is 4.39. The van der Waals surface area contributed by atoms with E-state index in [0.29, 0.717) is 6.04 Å². The second-order valence-electron chi connectivity index (χ2n) is 3.58. The van der Waals surface area contributed by atoms with Crippen molar-refractivity contribution in [3.8, 4) is 0 Å². The van der Waals surface area contributed by atoms with Gasteiger partial charge in [-0.1, -0.05) is 6.07 Å². The molecule has 0 aromatic carbocycles. The summed E-state index contributed by atoms with van der Waals surface area (Å²) in [5.74, 6) is 1.04. The third-order valence-corrected chi connectivity index (χ3v) is 3.09. The van der Waals surface area contributed by atoms with Crippen molar-refractivity contribution in [3.05, 3.63) is 22.8 Å². The number of rotatable bonds is 2. The van der Waals surface area contributed by atoms with E-state index in [1.807, 2.05) is 18.2 Å². The number of nitrogens with one attached hydrogen (secondary N) is 1. The minimum Gasteiger partial charge on any atom is -0.355 e. The number of hydrogen-bond donors (Lipinski definition) is 1. The quantitative estimate of drug-likeness (QED) is 0.846. The average Bonchev–Trinajstić information content (AvgIpc) is 2.69. The van der Waals surface area contributed by atoms with Crippen LogP contribution in [0.3, 0.4) is 0 Å². The Hall–Kier alpha value is -0.320. The van der Waals surface area contributed by atoms with Crippen molar-refractivity contribution < 1.29 is 0 Å². The average molecular weight is 293 g/mol. The molecule has 15 heavy (non-hydrogen) atoms. The van der Waals surface area contributed by atoms with Crippen molar-refractivity contribution in [1.29, 1.82) is 0 Å². The molecule has 84 valence electrons. The second kappa shape index (κ2) is 5.68. The Morgan fingerprint density at radius 1 is 1.53 bits per heavy atom. The lowest BCUT2D eigenvalue weighted by molar-refractivity contribution is 0.677. The summed E-state index contributed by atoms with van der Waals surface area (Å²) in [7, 11) is 2.10. The van der Waals surface area contributed by atoms with Crippen molar-refractivity contribution in [1.82, 2.24) is 10.3 Å². The molecular weight excluding hydrogens is 277 g/mol. The monoisotopic (exact) mass is 291 g/mol. The van der Waals surface area contributed by atoms with Crippen LogP contribution < -0.4 is 10.2 Å². The van der Waals surface area contributed by atoms with Gasteiger partial charge in [0.2, 0.25) is 0 Å². The molecule has 0 aliphatic carbocycles. The van der Waals surface area contributed by atoms with Gasteiger partial charge >= 0.3 is 0 Å². The van der Waals surface area contributed by atoms with Crippen LogP contribution in [-0.4, -0.2) is 31.2 Å². The molecule has 2 heterocycles. The van der Waals surface area contributed by atoms with Gasteiger partial charge in [0.1, 0.15) is 10.4 Å². The molecule has 1 atom stereocenters. The Morgan fingerprint density at radius 3 is 2.93 bits per heavy atom. The van der Waals surface area contributed by atoms with E-state index >= 15 is 0 Å². The molecule has 0 bridgehead atoms. The van der Waals surface area contributed by atoms with Crippen LogP contribution in [0.2, 0.25) is 0 Å².